The summed E-state index contributed by atoms with van der Waals surface area (Å²) < 4.78 is 5.46. The summed E-state index contributed by atoms with van der Waals surface area (Å²) in [5.41, 5.74) is 7.36. The third-order valence-electron chi connectivity index (χ3n) is 8.55. The van der Waals surface area contributed by atoms with Gasteiger partial charge in [-0.25, -0.2) is 4.79 Å². The van der Waals surface area contributed by atoms with Gasteiger partial charge in [-0.1, -0.05) is 109 Å². The molecule has 0 aliphatic rings. The van der Waals surface area contributed by atoms with Crippen molar-refractivity contribution in [2.75, 3.05) is 19.8 Å². The van der Waals surface area contributed by atoms with Crippen molar-refractivity contribution in [3.8, 4) is 11.1 Å². The fraction of sp³-hybridized carbons (Fsp3) is 0.564. The zero-order valence-corrected chi connectivity index (χ0v) is 28.3. The van der Waals surface area contributed by atoms with Crippen LogP contribution in [-0.2, 0) is 28.8 Å². The van der Waals surface area contributed by atoms with Crippen LogP contribution in [0.4, 0.5) is 0 Å². The van der Waals surface area contributed by atoms with E-state index in [1.807, 2.05) is 0 Å². The quantitative estimate of drug-likeness (QED) is 0.0603. The first-order chi connectivity index (χ1) is 21.0. The molecule has 2 rings (SSSR count). The van der Waals surface area contributed by atoms with E-state index in [4.69, 9.17) is 20.1 Å². The molecule has 2 aromatic rings. The second kappa shape index (κ2) is 21.8. The van der Waals surface area contributed by atoms with E-state index < -0.39 is 0 Å². The predicted octanol–water partition coefficient (Wildman–Crippen LogP) is 9.34. The maximum atomic E-state index is 11.8. The van der Waals surface area contributed by atoms with Gasteiger partial charge >= 0.3 is 5.97 Å². The first-order valence-electron chi connectivity index (χ1n) is 16.6. The van der Waals surface area contributed by atoms with Gasteiger partial charge in [0.05, 0.1) is 12.4 Å². The average Bonchev–Trinajstić information content (AvgIpc) is 3.03. The Labute approximate surface area is 268 Å². The van der Waals surface area contributed by atoms with Gasteiger partial charge in [0.2, 0.25) is 0 Å². The summed E-state index contributed by atoms with van der Waals surface area (Å²) in [6.07, 6.45) is 12.9. The molecule has 246 valence electrons. The number of carbonyl (C=O) groups is 1. The second-order valence-corrected chi connectivity index (χ2v) is 12.6. The van der Waals surface area contributed by atoms with E-state index >= 15 is 0 Å². The molecule has 0 saturated carbocycles. The summed E-state index contributed by atoms with van der Waals surface area (Å²) in [6.45, 7) is 17.9. The molecule has 0 aliphatic carbocycles. The molecule has 1 atom stereocenters. The number of benzene rings is 2. The summed E-state index contributed by atoms with van der Waals surface area (Å²) in [7, 11) is 0. The number of carbonyl (C=O) groups excluding carboxylic acids is 1. The molecule has 2 aromatic carbocycles. The predicted molar refractivity (Wildman–Crippen MR) is 185 cm³/mol. The number of aryl methyl sites for hydroxylation is 3. The molecule has 0 spiro atoms. The van der Waals surface area contributed by atoms with Crippen LogP contribution in [0.15, 0.2) is 67.0 Å². The van der Waals surface area contributed by atoms with E-state index in [0.29, 0.717) is 25.0 Å². The monoisotopic (exact) mass is 608 g/mol. The minimum atomic E-state index is -0.294. The van der Waals surface area contributed by atoms with E-state index in [2.05, 4.69) is 83.3 Å². The van der Waals surface area contributed by atoms with Crippen LogP contribution in [0.5, 0.6) is 0 Å². The van der Waals surface area contributed by atoms with Crippen molar-refractivity contribution in [2.24, 2.45) is 11.3 Å². The molecule has 0 bridgehead atoms. The second-order valence-electron chi connectivity index (χ2n) is 12.6. The minimum Gasteiger partial charge on any atom is -0.513 e. The lowest BCUT2D eigenvalue weighted by atomic mass is 9.82. The van der Waals surface area contributed by atoms with Gasteiger partial charge in [0.1, 0.15) is 0 Å². The number of unbranched alkanes of at least 4 members (excludes halogenated alkanes) is 4. The Bertz CT molecular complexity index is 1120. The summed E-state index contributed by atoms with van der Waals surface area (Å²) in [6, 6.07) is 16.0. The smallest absolute Gasteiger partial charge is 0.333 e. The highest BCUT2D eigenvalue weighted by molar-refractivity contribution is 5.86. The molecule has 5 nitrogen and oxygen atoms in total. The van der Waals surface area contributed by atoms with Crippen molar-refractivity contribution in [3.63, 3.8) is 0 Å². The van der Waals surface area contributed by atoms with Crippen molar-refractivity contribution >= 4 is 5.97 Å². The molecule has 0 amide bonds. The SMILES string of the molecule is C=C(C)C(=O)OCC(C)(CC)CCc1ccc(-c2ccc(CCCCCCC)c(CC)c2)cc1.C=C(O)CCC(CO)CO. The van der Waals surface area contributed by atoms with Crippen LogP contribution in [-0.4, -0.2) is 41.1 Å². The lowest BCUT2D eigenvalue weighted by molar-refractivity contribution is -0.142. The van der Waals surface area contributed by atoms with Gasteiger partial charge in [-0.15, -0.1) is 0 Å². The molecule has 0 aliphatic heterocycles. The van der Waals surface area contributed by atoms with Crippen LogP contribution in [0.1, 0.15) is 109 Å². The summed E-state index contributed by atoms with van der Waals surface area (Å²) in [5, 5.41) is 25.8. The molecule has 0 fully saturated rings. The summed E-state index contributed by atoms with van der Waals surface area (Å²) in [5.74, 6) is -0.311. The highest BCUT2D eigenvalue weighted by Gasteiger charge is 2.24. The van der Waals surface area contributed by atoms with Gasteiger partial charge < -0.3 is 20.1 Å². The highest BCUT2D eigenvalue weighted by atomic mass is 16.5. The molecule has 44 heavy (non-hydrogen) atoms. The Balaban J connectivity index is 0.000000828. The van der Waals surface area contributed by atoms with E-state index in [9.17, 15) is 4.79 Å². The van der Waals surface area contributed by atoms with Crippen LogP contribution in [0.2, 0.25) is 0 Å². The molecular formula is C39H60O5. The largest absolute Gasteiger partial charge is 0.513 e. The van der Waals surface area contributed by atoms with Crippen LogP contribution >= 0.6 is 0 Å². The number of allylic oxidation sites excluding steroid dienone is 1. The standard InChI is InChI=1S/C32H46O2.C7H14O3/c1-7-10-11-12-13-14-28-19-20-30(23-27(28)8-2)29-17-15-26(16-18-29)21-22-32(6,9-3)24-34-31(33)25(4)5;1-6(10)2-3-7(4-8)5-9/h15-20,23H,4,7-14,21-22,24H2,1-3,5-6H3;7-10H,1-5H2. The van der Waals surface area contributed by atoms with Gasteiger partial charge in [-0.05, 0) is 79.7 Å². The normalized spacial score (nSPS) is 12.3. The number of esters is 1. The maximum Gasteiger partial charge on any atom is 0.333 e. The number of aliphatic hydroxyl groups excluding tert-OH is 3. The third-order valence-corrected chi connectivity index (χ3v) is 8.55. The van der Waals surface area contributed by atoms with Crippen LogP contribution in [0.3, 0.4) is 0 Å². The fourth-order valence-corrected chi connectivity index (χ4v) is 4.93. The van der Waals surface area contributed by atoms with Crippen molar-refractivity contribution in [1.82, 2.24) is 0 Å². The lowest BCUT2D eigenvalue weighted by Gasteiger charge is -2.27. The van der Waals surface area contributed by atoms with Gasteiger partial charge in [0.15, 0.2) is 0 Å². The minimum absolute atomic E-state index is 0.0216. The Morgan fingerprint density at radius 1 is 0.886 bits per heavy atom. The van der Waals surface area contributed by atoms with Gasteiger partial charge in [-0.2, -0.15) is 0 Å². The van der Waals surface area contributed by atoms with Crippen molar-refractivity contribution in [3.05, 3.63) is 83.6 Å². The summed E-state index contributed by atoms with van der Waals surface area (Å²) in [4.78, 5) is 11.8. The van der Waals surface area contributed by atoms with Crippen LogP contribution < -0.4 is 0 Å². The Morgan fingerprint density at radius 2 is 1.52 bits per heavy atom. The number of ether oxygens (including phenoxy) is 1. The Kier molecular flexibility index (Phi) is 19.3. The molecule has 1 unspecified atom stereocenters. The number of aliphatic hydroxyl groups is 3. The zero-order valence-electron chi connectivity index (χ0n) is 28.3. The van der Waals surface area contributed by atoms with E-state index in [0.717, 1.165) is 25.7 Å². The first kappa shape index (κ1) is 39.1. The molecule has 0 aromatic heterocycles. The topological polar surface area (TPSA) is 87.0 Å². The van der Waals surface area contributed by atoms with Crippen molar-refractivity contribution in [2.45, 2.75) is 112 Å². The number of hydrogen-bond acceptors (Lipinski definition) is 5. The fourth-order valence-electron chi connectivity index (χ4n) is 4.93. The van der Waals surface area contributed by atoms with E-state index in [1.165, 1.54) is 66.3 Å². The van der Waals surface area contributed by atoms with Gasteiger partial charge in [0, 0.05) is 36.5 Å². The molecule has 0 radical (unpaired) electrons. The first-order valence-corrected chi connectivity index (χ1v) is 16.6. The number of hydrogen-bond donors (Lipinski definition) is 3. The number of rotatable bonds is 20. The summed E-state index contributed by atoms with van der Waals surface area (Å²) >= 11 is 0. The van der Waals surface area contributed by atoms with Crippen molar-refractivity contribution in [1.29, 1.82) is 0 Å². The Morgan fingerprint density at radius 3 is 2.07 bits per heavy atom. The zero-order chi connectivity index (χ0) is 33.0. The average molecular weight is 609 g/mol. The van der Waals surface area contributed by atoms with E-state index in [1.54, 1.807) is 6.92 Å². The van der Waals surface area contributed by atoms with Gasteiger partial charge in [0.25, 0.3) is 0 Å². The third kappa shape index (κ3) is 15.2. The molecular weight excluding hydrogens is 548 g/mol. The van der Waals surface area contributed by atoms with Crippen molar-refractivity contribution < 1.29 is 24.9 Å². The maximum absolute atomic E-state index is 11.8. The van der Waals surface area contributed by atoms with Crippen LogP contribution in [0.25, 0.3) is 11.1 Å². The van der Waals surface area contributed by atoms with Crippen LogP contribution in [0, 0.1) is 11.3 Å². The highest BCUT2D eigenvalue weighted by Crippen LogP contribution is 2.30. The molecule has 0 heterocycles. The molecule has 5 heteroatoms. The van der Waals surface area contributed by atoms with Gasteiger partial charge in [-0.3, -0.25) is 0 Å². The molecule has 0 saturated heterocycles. The lowest BCUT2D eigenvalue weighted by Crippen LogP contribution is -2.25. The van der Waals surface area contributed by atoms with E-state index in [-0.39, 0.29) is 36.3 Å². The Hall–Kier alpha value is -2.89. The molecule has 3 N–H and O–H groups in total.